The van der Waals surface area contributed by atoms with Gasteiger partial charge in [0.05, 0.1) is 30.5 Å². The van der Waals surface area contributed by atoms with Gasteiger partial charge in [0.15, 0.2) is 11.6 Å². The lowest BCUT2D eigenvalue weighted by Crippen LogP contribution is -2.19. The summed E-state index contributed by atoms with van der Waals surface area (Å²) < 4.78 is 20.9. The van der Waals surface area contributed by atoms with Crippen LogP contribution in [0.15, 0.2) is 30.7 Å². The van der Waals surface area contributed by atoms with Crippen molar-refractivity contribution in [3.63, 3.8) is 0 Å². The van der Waals surface area contributed by atoms with E-state index in [1.807, 2.05) is 25.3 Å². The second-order valence-corrected chi connectivity index (χ2v) is 5.01. The molecule has 0 saturated carbocycles. The molecule has 1 aromatic heterocycles. The van der Waals surface area contributed by atoms with E-state index in [2.05, 4.69) is 4.98 Å². The minimum Gasteiger partial charge on any atom is -0.491 e. The third-order valence-electron chi connectivity index (χ3n) is 3.22. The average Bonchev–Trinajstić information content (AvgIpc) is 2.89. The lowest BCUT2D eigenvalue weighted by molar-refractivity contribution is 0.321. The minimum atomic E-state index is -0.387. The van der Waals surface area contributed by atoms with Crippen LogP contribution in [0.3, 0.4) is 0 Å². The second-order valence-electron chi connectivity index (χ2n) is 5.01. The molecule has 4 nitrogen and oxygen atoms in total. The third-order valence-corrected chi connectivity index (χ3v) is 3.22. The molecule has 108 valence electrons. The first-order valence-electron chi connectivity index (χ1n) is 6.75. The molecular weight excluding hydrogens is 257 g/mol. The highest BCUT2D eigenvalue weighted by molar-refractivity contribution is 5.40. The Bertz CT molecular complexity index is 580. The van der Waals surface area contributed by atoms with Gasteiger partial charge in [0.1, 0.15) is 0 Å². The van der Waals surface area contributed by atoms with E-state index < -0.39 is 0 Å². The van der Waals surface area contributed by atoms with Gasteiger partial charge in [0.2, 0.25) is 0 Å². The highest BCUT2D eigenvalue weighted by atomic mass is 19.1. The molecule has 20 heavy (non-hydrogen) atoms. The molecule has 2 aromatic rings. The number of halogens is 1. The Hall–Kier alpha value is -1.88. The van der Waals surface area contributed by atoms with Gasteiger partial charge >= 0.3 is 0 Å². The van der Waals surface area contributed by atoms with E-state index in [-0.39, 0.29) is 23.5 Å². The minimum absolute atomic E-state index is 0.146. The Morgan fingerprint density at radius 1 is 1.40 bits per heavy atom. The molecule has 1 aromatic carbocycles. The van der Waals surface area contributed by atoms with Crippen molar-refractivity contribution in [2.75, 3.05) is 6.61 Å². The van der Waals surface area contributed by atoms with Crippen molar-refractivity contribution < 1.29 is 9.13 Å². The van der Waals surface area contributed by atoms with Crippen molar-refractivity contribution in [3.05, 3.63) is 42.2 Å². The zero-order valence-corrected chi connectivity index (χ0v) is 12.0. The molecule has 2 rings (SSSR count). The summed E-state index contributed by atoms with van der Waals surface area (Å²) in [4.78, 5) is 4.12. The Balaban J connectivity index is 2.38. The summed E-state index contributed by atoms with van der Waals surface area (Å²) in [7, 11) is 0. The van der Waals surface area contributed by atoms with E-state index in [0.717, 1.165) is 5.69 Å². The fraction of sp³-hybridized carbons (Fsp3) is 0.400. The summed E-state index contributed by atoms with van der Waals surface area (Å²) in [5, 5.41) is 0. The second kappa shape index (κ2) is 6.05. The summed E-state index contributed by atoms with van der Waals surface area (Å²) >= 11 is 0. The van der Waals surface area contributed by atoms with Crippen molar-refractivity contribution in [2.45, 2.75) is 26.8 Å². The third kappa shape index (κ3) is 2.82. The number of hydrogen-bond acceptors (Lipinski definition) is 3. The number of nitrogens with zero attached hydrogens (tertiary/aromatic N) is 2. The molecule has 5 heteroatoms. The van der Waals surface area contributed by atoms with Crippen molar-refractivity contribution in [3.8, 4) is 11.4 Å². The lowest BCUT2D eigenvalue weighted by Gasteiger charge is -2.18. The predicted molar refractivity (Wildman–Crippen MR) is 76.5 cm³/mol. The zero-order valence-electron chi connectivity index (χ0n) is 12.0. The maximum atomic E-state index is 13.9. The summed E-state index contributed by atoms with van der Waals surface area (Å²) in [6.07, 6.45) is 3.37. The quantitative estimate of drug-likeness (QED) is 0.913. The van der Waals surface area contributed by atoms with Crippen LogP contribution in [-0.4, -0.2) is 16.2 Å². The maximum absolute atomic E-state index is 13.9. The Morgan fingerprint density at radius 2 is 2.15 bits per heavy atom. The fourth-order valence-electron chi connectivity index (χ4n) is 2.02. The topological polar surface area (TPSA) is 53.1 Å². The van der Waals surface area contributed by atoms with Crippen molar-refractivity contribution >= 4 is 0 Å². The van der Waals surface area contributed by atoms with Crippen molar-refractivity contribution in [1.82, 2.24) is 9.55 Å². The fourth-order valence-corrected chi connectivity index (χ4v) is 2.02. The summed E-state index contributed by atoms with van der Waals surface area (Å²) in [6, 6.07) is 4.71. The molecule has 0 saturated heterocycles. The van der Waals surface area contributed by atoms with Crippen LogP contribution in [0.1, 0.15) is 32.5 Å². The molecule has 0 amide bonds. The lowest BCUT2D eigenvalue weighted by atomic mass is 10.0. The van der Waals surface area contributed by atoms with Crippen LogP contribution < -0.4 is 10.5 Å². The first-order chi connectivity index (χ1) is 9.54. The molecule has 0 aliphatic heterocycles. The number of hydrogen-bond donors (Lipinski definition) is 1. The summed E-state index contributed by atoms with van der Waals surface area (Å²) in [6.45, 7) is 6.34. The van der Waals surface area contributed by atoms with E-state index in [9.17, 15) is 4.39 Å². The molecule has 1 unspecified atom stereocenters. The van der Waals surface area contributed by atoms with Gasteiger partial charge in [0, 0.05) is 12.1 Å². The highest BCUT2D eigenvalue weighted by Gasteiger charge is 2.16. The standard InChI is InChI=1S/C15H20FN3O/c1-4-20-14-6-5-11(7-12(14)16)19-9-18-8-13(19)15(17)10(2)3/h5-10,15H,4,17H2,1-3H3. The van der Waals surface area contributed by atoms with Gasteiger partial charge in [0.25, 0.3) is 0 Å². The molecule has 1 atom stereocenters. The SMILES string of the molecule is CCOc1ccc(-n2cncc2C(N)C(C)C)cc1F. The van der Waals surface area contributed by atoms with Crippen LogP contribution in [-0.2, 0) is 0 Å². The van der Waals surface area contributed by atoms with E-state index >= 15 is 0 Å². The van der Waals surface area contributed by atoms with Gasteiger partial charge < -0.3 is 15.0 Å². The number of aromatic nitrogens is 2. The van der Waals surface area contributed by atoms with Crippen LogP contribution >= 0.6 is 0 Å². The molecule has 0 spiro atoms. The van der Waals surface area contributed by atoms with E-state index in [0.29, 0.717) is 12.3 Å². The molecule has 0 radical (unpaired) electrons. The number of ether oxygens (including phenoxy) is 1. The molecule has 0 aliphatic rings. The number of nitrogens with two attached hydrogens (primary N) is 1. The molecule has 0 bridgehead atoms. The first-order valence-corrected chi connectivity index (χ1v) is 6.75. The van der Waals surface area contributed by atoms with Crippen LogP contribution in [0.2, 0.25) is 0 Å². The number of rotatable bonds is 5. The Labute approximate surface area is 118 Å². The zero-order chi connectivity index (χ0) is 14.7. The number of imidazole rings is 1. The Morgan fingerprint density at radius 3 is 2.75 bits per heavy atom. The maximum Gasteiger partial charge on any atom is 0.167 e. The van der Waals surface area contributed by atoms with Gasteiger partial charge in [-0.15, -0.1) is 0 Å². The first kappa shape index (κ1) is 14.5. The van der Waals surface area contributed by atoms with Crippen LogP contribution in [0, 0.1) is 11.7 Å². The monoisotopic (exact) mass is 277 g/mol. The number of benzene rings is 1. The van der Waals surface area contributed by atoms with Gasteiger partial charge in [-0.25, -0.2) is 9.37 Å². The highest BCUT2D eigenvalue weighted by Crippen LogP contribution is 2.25. The van der Waals surface area contributed by atoms with Gasteiger partial charge in [-0.05, 0) is 25.0 Å². The van der Waals surface area contributed by atoms with Gasteiger partial charge in [-0.3, -0.25) is 0 Å². The molecule has 0 aliphatic carbocycles. The molecule has 1 heterocycles. The predicted octanol–water partition coefficient (Wildman–Crippen LogP) is 3.07. The molecule has 0 fully saturated rings. The van der Waals surface area contributed by atoms with E-state index in [1.54, 1.807) is 24.7 Å². The van der Waals surface area contributed by atoms with Crippen LogP contribution in [0.25, 0.3) is 5.69 Å². The molecular formula is C15H20FN3O. The van der Waals surface area contributed by atoms with Crippen LogP contribution in [0.5, 0.6) is 5.75 Å². The largest absolute Gasteiger partial charge is 0.491 e. The smallest absolute Gasteiger partial charge is 0.167 e. The van der Waals surface area contributed by atoms with E-state index in [4.69, 9.17) is 10.5 Å². The molecule has 2 N–H and O–H groups in total. The van der Waals surface area contributed by atoms with Crippen LogP contribution in [0.4, 0.5) is 4.39 Å². The summed E-state index contributed by atoms with van der Waals surface area (Å²) in [5.41, 5.74) is 7.71. The Kier molecular flexibility index (Phi) is 4.39. The van der Waals surface area contributed by atoms with E-state index in [1.165, 1.54) is 6.07 Å². The average molecular weight is 277 g/mol. The van der Waals surface area contributed by atoms with Crippen molar-refractivity contribution in [1.29, 1.82) is 0 Å². The van der Waals surface area contributed by atoms with Gasteiger partial charge in [-0.1, -0.05) is 13.8 Å². The normalized spacial score (nSPS) is 12.7. The van der Waals surface area contributed by atoms with Gasteiger partial charge in [-0.2, -0.15) is 0 Å². The summed E-state index contributed by atoms with van der Waals surface area (Å²) in [5.74, 6) is 0.145. The van der Waals surface area contributed by atoms with Crippen molar-refractivity contribution in [2.24, 2.45) is 11.7 Å².